The van der Waals surface area contributed by atoms with Crippen LogP contribution in [-0.4, -0.2) is 23.2 Å². The summed E-state index contributed by atoms with van der Waals surface area (Å²) in [5, 5.41) is 26.1. The van der Waals surface area contributed by atoms with E-state index in [2.05, 4.69) is 20.7 Å². The van der Waals surface area contributed by atoms with Crippen LogP contribution >= 0.6 is 22.9 Å². The van der Waals surface area contributed by atoms with Crippen molar-refractivity contribution in [3.63, 3.8) is 0 Å². The monoisotopic (exact) mass is 251 g/mol. The highest BCUT2D eigenvalue weighted by atomic mass is 35.5. The van der Waals surface area contributed by atoms with E-state index in [1.165, 1.54) is 11.3 Å². The zero-order chi connectivity index (χ0) is 11.3. The van der Waals surface area contributed by atoms with Crippen molar-refractivity contribution >= 4 is 28.9 Å². The predicted octanol–water partition coefficient (Wildman–Crippen LogP) is -0.852. The van der Waals surface area contributed by atoms with Crippen molar-refractivity contribution in [2.45, 2.75) is 6.54 Å². The van der Waals surface area contributed by atoms with Gasteiger partial charge in [-0.15, -0.1) is 11.3 Å². The Hall–Kier alpha value is -0.930. The van der Waals surface area contributed by atoms with E-state index in [0.29, 0.717) is 11.0 Å². The van der Waals surface area contributed by atoms with Crippen molar-refractivity contribution in [2.24, 2.45) is 5.10 Å². The van der Waals surface area contributed by atoms with Crippen molar-refractivity contribution in [1.82, 2.24) is 15.6 Å². The molecule has 0 spiro atoms. The Morgan fingerprint density at radius 1 is 1.87 bits per heavy atom. The van der Waals surface area contributed by atoms with Crippen LogP contribution in [0, 0.1) is 5.21 Å². The molecule has 0 aromatic carbocycles. The quantitative estimate of drug-likeness (QED) is 0.319. The van der Waals surface area contributed by atoms with Gasteiger partial charge in [-0.3, -0.25) is 0 Å². The van der Waals surface area contributed by atoms with E-state index in [9.17, 15) is 5.21 Å². The van der Waals surface area contributed by atoms with Gasteiger partial charge in [-0.1, -0.05) is 16.9 Å². The van der Waals surface area contributed by atoms with Gasteiger partial charge in [0.15, 0.2) is 4.47 Å². The SMILES string of the molecule is CN/C(=N\[NH+]([O-])O)NCc1cnc(Cl)s1. The molecule has 1 rings (SSSR count). The van der Waals surface area contributed by atoms with Gasteiger partial charge >= 0.3 is 0 Å². The molecule has 0 aliphatic heterocycles. The molecule has 1 atom stereocenters. The second-order valence-electron chi connectivity index (χ2n) is 2.43. The van der Waals surface area contributed by atoms with Crippen LogP contribution in [0.2, 0.25) is 4.47 Å². The van der Waals surface area contributed by atoms with Crippen molar-refractivity contribution in [3.8, 4) is 0 Å². The first kappa shape index (κ1) is 12.1. The van der Waals surface area contributed by atoms with Crippen LogP contribution < -0.4 is 16.0 Å². The molecular weight excluding hydrogens is 242 g/mol. The normalized spacial score (nSPS) is 13.7. The molecule has 1 unspecified atom stereocenters. The molecular formula is C6H10ClN5O2S. The fourth-order valence-electron chi connectivity index (χ4n) is 0.816. The first-order valence-electron chi connectivity index (χ1n) is 3.95. The number of quaternary nitrogens is 1. The second-order valence-corrected chi connectivity index (χ2v) is 4.12. The lowest BCUT2D eigenvalue weighted by molar-refractivity contribution is -1.05. The van der Waals surface area contributed by atoms with Crippen LogP contribution in [0.4, 0.5) is 0 Å². The number of aromatic nitrogens is 1. The summed E-state index contributed by atoms with van der Waals surface area (Å²) in [6.45, 7) is 0.428. The topological polar surface area (TPSA) is 97.0 Å². The first-order valence-corrected chi connectivity index (χ1v) is 5.14. The Bertz CT molecular complexity index is 342. The van der Waals surface area contributed by atoms with Crippen molar-refractivity contribution in [1.29, 1.82) is 0 Å². The van der Waals surface area contributed by atoms with Gasteiger partial charge in [0.2, 0.25) is 0 Å². The van der Waals surface area contributed by atoms with E-state index in [-0.39, 0.29) is 5.96 Å². The van der Waals surface area contributed by atoms with Crippen LogP contribution in [0.15, 0.2) is 11.3 Å². The third-order valence-corrected chi connectivity index (χ3v) is 2.51. The molecule has 4 N–H and O–H groups in total. The Morgan fingerprint density at radius 3 is 3.07 bits per heavy atom. The molecule has 0 bridgehead atoms. The van der Waals surface area contributed by atoms with Crippen LogP contribution in [-0.2, 0) is 6.54 Å². The minimum Gasteiger partial charge on any atom is -0.572 e. The number of nitrogens with one attached hydrogen (secondary N) is 3. The van der Waals surface area contributed by atoms with Crippen molar-refractivity contribution in [3.05, 3.63) is 20.7 Å². The van der Waals surface area contributed by atoms with E-state index in [1.807, 2.05) is 0 Å². The largest absolute Gasteiger partial charge is 0.572 e. The highest BCUT2D eigenvalue weighted by molar-refractivity contribution is 7.15. The molecule has 15 heavy (non-hydrogen) atoms. The van der Waals surface area contributed by atoms with E-state index in [1.54, 1.807) is 13.2 Å². The molecule has 0 saturated carbocycles. The van der Waals surface area contributed by atoms with Crippen LogP contribution in [0.1, 0.15) is 4.88 Å². The summed E-state index contributed by atoms with van der Waals surface area (Å²) >= 11 is 6.95. The predicted molar refractivity (Wildman–Crippen MR) is 56.6 cm³/mol. The van der Waals surface area contributed by atoms with Crippen LogP contribution in [0.5, 0.6) is 0 Å². The van der Waals surface area contributed by atoms with Crippen molar-refractivity contribution in [2.75, 3.05) is 7.05 Å². The molecule has 1 aromatic heterocycles. The molecule has 1 aromatic rings. The Kier molecular flexibility index (Phi) is 4.72. The summed E-state index contributed by atoms with van der Waals surface area (Å²) in [7, 11) is 1.58. The molecule has 9 heteroatoms. The van der Waals surface area contributed by atoms with Crippen molar-refractivity contribution < 1.29 is 10.5 Å². The number of thiazole rings is 1. The van der Waals surface area contributed by atoms with Gasteiger partial charge in [0.1, 0.15) is 0 Å². The molecule has 0 aliphatic carbocycles. The molecule has 84 valence electrons. The maximum absolute atomic E-state index is 10.3. The molecule has 1 heterocycles. The highest BCUT2D eigenvalue weighted by Gasteiger charge is 2.02. The second kappa shape index (κ2) is 5.83. The van der Waals surface area contributed by atoms with Gasteiger partial charge in [0.25, 0.3) is 5.96 Å². The average Bonchev–Trinajstić information content (AvgIpc) is 2.58. The van der Waals surface area contributed by atoms with Gasteiger partial charge < -0.3 is 15.8 Å². The van der Waals surface area contributed by atoms with E-state index >= 15 is 0 Å². The summed E-state index contributed by atoms with van der Waals surface area (Å²) in [5.41, 5.74) is 0. The molecule has 7 nitrogen and oxygen atoms in total. The Balaban J connectivity index is 2.48. The summed E-state index contributed by atoms with van der Waals surface area (Å²) in [6.07, 6.45) is 1.62. The molecule has 0 radical (unpaired) electrons. The van der Waals surface area contributed by atoms with Crippen LogP contribution in [0.3, 0.4) is 0 Å². The lowest BCUT2D eigenvalue weighted by Gasteiger charge is -2.09. The standard InChI is InChI=1S/C6H10ClN5O2S/c1-8-6(11-12(13)14)10-3-4-2-9-5(7)15-4/h2,12-13H,3H2,1H3,(H2,8,10,11). The highest BCUT2D eigenvalue weighted by Crippen LogP contribution is 2.16. The average molecular weight is 252 g/mol. The Morgan fingerprint density at radius 2 is 2.60 bits per heavy atom. The zero-order valence-electron chi connectivity index (χ0n) is 7.82. The van der Waals surface area contributed by atoms with Gasteiger partial charge in [-0.25, -0.2) is 4.98 Å². The molecule has 0 aliphatic rings. The van der Waals surface area contributed by atoms with Gasteiger partial charge in [-0.2, -0.15) is 5.21 Å². The summed E-state index contributed by atoms with van der Waals surface area (Å²) < 4.78 is 0.452. The summed E-state index contributed by atoms with van der Waals surface area (Å²) in [6, 6.07) is 0. The minimum absolute atomic E-state index is 0.187. The third-order valence-electron chi connectivity index (χ3n) is 1.40. The van der Waals surface area contributed by atoms with Gasteiger partial charge in [0.05, 0.1) is 6.54 Å². The number of nitrogens with zero attached hydrogens (tertiary/aromatic N) is 2. The summed E-state index contributed by atoms with van der Waals surface area (Å²) in [5.74, 6) is 0.187. The fraction of sp³-hybridized carbons (Fsp3) is 0.333. The number of hydrogen-bond donors (Lipinski definition) is 4. The number of guanidine groups is 1. The first-order chi connectivity index (χ1) is 7.11. The fourth-order valence-corrected chi connectivity index (χ4v) is 1.73. The molecule has 0 saturated heterocycles. The smallest absolute Gasteiger partial charge is 0.254 e. The van der Waals surface area contributed by atoms with E-state index in [4.69, 9.17) is 16.8 Å². The lowest BCUT2D eigenvalue weighted by atomic mass is 10.5. The Labute approximate surface area is 94.9 Å². The number of rotatable bonds is 3. The maximum Gasteiger partial charge on any atom is 0.254 e. The lowest BCUT2D eigenvalue weighted by Crippen LogP contribution is -3.00. The minimum atomic E-state index is -1.26. The number of halogens is 1. The number of hydrogen-bond acceptors (Lipinski definition) is 5. The molecule has 0 amide bonds. The van der Waals surface area contributed by atoms with Gasteiger partial charge in [0, 0.05) is 18.1 Å². The van der Waals surface area contributed by atoms with Gasteiger partial charge in [-0.05, 0) is 5.10 Å². The van der Waals surface area contributed by atoms with E-state index in [0.717, 1.165) is 4.88 Å². The van der Waals surface area contributed by atoms with Crippen LogP contribution in [0.25, 0.3) is 0 Å². The molecule has 0 fully saturated rings. The van der Waals surface area contributed by atoms with E-state index < -0.39 is 5.34 Å². The maximum atomic E-state index is 10.3. The zero-order valence-corrected chi connectivity index (χ0v) is 9.39. The summed E-state index contributed by atoms with van der Waals surface area (Å²) in [4.78, 5) is 4.75. The third kappa shape index (κ3) is 4.40.